The first kappa shape index (κ1) is 39.9. The fourth-order valence-corrected chi connectivity index (χ4v) is 16.9. The van der Waals surface area contributed by atoms with Crippen molar-refractivity contribution >= 4 is 50.0 Å². The van der Waals surface area contributed by atoms with Crippen molar-refractivity contribution in [3.8, 4) is 0 Å². The summed E-state index contributed by atoms with van der Waals surface area (Å²) in [5.41, 5.74) is 1.00. The minimum absolute atomic E-state index is 0.259. The minimum atomic E-state index is -3.07. The molecule has 0 N–H and O–H groups in total. The number of rotatable bonds is 17. The molecule has 0 bridgehead atoms. The van der Waals surface area contributed by atoms with E-state index in [2.05, 4.69) is 90.1 Å². The number of carbonyl (C=O) groups excluding carboxylic acids is 2. The molecule has 5 aromatic rings. The first-order valence-electron chi connectivity index (χ1n) is 18.6. The lowest BCUT2D eigenvalue weighted by Gasteiger charge is -2.45. The molecular formula is C46H54O5Si2. The molecule has 0 radical (unpaired) electrons. The fraction of sp³-hybridized carbons (Fsp3) is 0.304. The molecule has 0 amide bonds. The first-order chi connectivity index (χ1) is 25.4. The smallest absolute Gasteiger partial charge is 0.262 e. The van der Waals surface area contributed by atoms with Gasteiger partial charge in [0.15, 0.2) is 0 Å². The second kappa shape index (κ2) is 17.7. The Balaban J connectivity index is 1.54. The lowest BCUT2D eigenvalue weighted by molar-refractivity contribution is -0.118. The van der Waals surface area contributed by atoms with E-state index in [9.17, 15) is 9.59 Å². The van der Waals surface area contributed by atoms with Crippen LogP contribution in [0.15, 0.2) is 152 Å². The Morgan fingerprint density at radius 1 is 0.472 bits per heavy atom. The molecule has 1 unspecified atom stereocenters. The van der Waals surface area contributed by atoms with Gasteiger partial charge in [-0.25, -0.2) is 0 Å². The Hall–Kier alpha value is -4.25. The number of ether oxygens (including phenoxy) is 1. The molecule has 0 spiro atoms. The van der Waals surface area contributed by atoms with Crippen LogP contribution in [0.4, 0.5) is 0 Å². The SMILES string of the molecule is CC(C)(C)[Si](O[C@H](C=O)CC(C[C@H](C=O)O[Si](c1ccccc1)(c1ccccc1)C(C)(C)C)OCc1ccccc1)(c1ccccc1)c1ccccc1. The van der Waals surface area contributed by atoms with Gasteiger partial charge >= 0.3 is 0 Å². The average Bonchev–Trinajstić information content (AvgIpc) is 3.17. The van der Waals surface area contributed by atoms with Crippen LogP contribution >= 0.6 is 0 Å². The van der Waals surface area contributed by atoms with Crippen molar-refractivity contribution in [1.29, 1.82) is 0 Å². The zero-order chi connectivity index (χ0) is 38.0. The molecule has 276 valence electrons. The van der Waals surface area contributed by atoms with E-state index in [0.717, 1.165) is 38.9 Å². The van der Waals surface area contributed by atoms with Gasteiger partial charge in [0.2, 0.25) is 0 Å². The third kappa shape index (κ3) is 9.11. The summed E-state index contributed by atoms with van der Waals surface area (Å²) in [6.45, 7) is 13.5. The average molecular weight is 743 g/mol. The molecule has 0 heterocycles. The quantitative estimate of drug-likeness (QED) is 0.0725. The van der Waals surface area contributed by atoms with Crippen LogP contribution in [0.5, 0.6) is 0 Å². The zero-order valence-electron chi connectivity index (χ0n) is 32.0. The molecule has 0 aliphatic heterocycles. The maximum atomic E-state index is 13.2. The maximum Gasteiger partial charge on any atom is 0.262 e. The lowest BCUT2D eigenvalue weighted by atomic mass is 10.1. The van der Waals surface area contributed by atoms with E-state index in [4.69, 9.17) is 13.6 Å². The highest BCUT2D eigenvalue weighted by atomic mass is 28.4. The number of aldehydes is 2. The second-order valence-corrected chi connectivity index (χ2v) is 24.3. The highest BCUT2D eigenvalue weighted by Crippen LogP contribution is 2.39. The van der Waals surface area contributed by atoms with Crippen molar-refractivity contribution in [3.05, 3.63) is 157 Å². The van der Waals surface area contributed by atoms with Gasteiger partial charge < -0.3 is 23.2 Å². The van der Waals surface area contributed by atoms with E-state index in [1.807, 2.05) is 103 Å². The van der Waals surface area contributed by atoms with Crippen LogP contribution in [0.3, 0.4) is 0 Å². The fourth-order valence-electron chi connectivity index (χ4n) is 7.64. The zero-order valence-corrected chi connectivity index (χ0v) is 34.0. The van der Waals surface area contributed by atoms with Crippen LogP contribution < -0.4 is 20.7 Å². The second-order valence-electron chi connectivity index (χ2n) is 15.8. The molecule has 0 fully saturated rings. The topological polar surface area (TPSA) is 61.8 Å². The molecule has 5 rings (SSSR count). The molecule has 0 aliphatic carbocycles. The summed E-state index contributed by atoms with van der Waals surface area (Å²) in [4.78, 5) is 26.4. The van der Waals surface area contributed by atoms with E-state index >= 15 is 0 Å². The van der Waals surface area contributed by atoms with Crippen molar-refractivity contribution in [2.45, 2.75) is 89.4 Å². The minimum Gasteiger partial charge on any atom is -0.398 e. The van der Waals surface area contributed by atoms with Gasteiger partial charge in [-0.05, 0) is 36.4 Å². The predicted octanol–water partition coefficient (Wildman–Crippen LogP) is 7.64. The largest absolute Gasteiger partial charge is 0.398 e. The Labute approximate surface area is 318 Å². The van der Waals surface area contributed by atoms with Crippen molar-refractivity contribution in [2.75, 3.05) is 0 Å². The Morgan fingerprint density at radius 2 is 0.755 bits per heavy atom. The molecule has 0 saturated heterocycles. The van der Waals surface area contributed by atoms with Gasteiger partial charge in [0.25, 0.3) is 16.6 Å². The van der Waals surface area contributed by atoms with Gasteiger partial charge in [-0.15, -0.1) is 0 Å². The summed E-state index contributed by atoms with van der Waals surface area (Å²) in [6.07, 6.45) is 0.209. The van der Waals surface area contributed by atoms with Crippen LogP contribution in [0.1, 0.15) is 59.9 Å². The van der Waals surface area contributed by atoms with Gasteiger partial charge in [0.05, 0.1) is 12.7 Å². The van der Waals surface area contributed by atoms with Crippen LogP contribution in [0.25, 0.3) is 0 Å². The highest BCUT2D eigenvalue weighted by molar-refractivity contribution is 7.00. The van der Waals surface area contributed by atoms with Crippen LogP contribution in [-0.2, 0) is 29.8 Å². The summed E-state index contributed by atoms with van der Waals surface area (Å²) in [7, 11) is -6.13. The number of benzene rings is 5. The Morgan fingerprint density at radius 3 is 1.02 bits per heavy atom. The summed E-state index contributed by atoms with van der Waals surface area (Å²) < 4.78 is 21.2. The van der Waals surface area contributed by atoms with Crippen molar-refractivity contribution < 1.29 is 23.2 Å². The summed E-state index contributed by atoms with van der Waals surface area (Å²) >= 11 is 0. The molecule has 0 aliphatic rings. The van der Waals surface area contributed by atoms with Crippen molar-refractivity contribution in [1.82, 2.24) is 0 Å². The van der Waals surface area contributed by atoms with Gasteiger partial charge in [0, 0.05) is 12.8 Å². The molecular weight excluding hydrogens is 689 g/mol. The summed E-state index contributed by atoms with van der Waals surface area (Å²) in [6, 6.07) is 51.2. The van der Waals surface area contributed by atoms with Crippen LogP contribution in [0, 0.1) is 0 Å². The van der Waals surface area contributed by atoms with E-state index in [0.29, 0.717) is 6.61 Å². The molecule has 3 atom stereocenters. The van der Waals surface area contributed by atoms with Gasteiger partial charge in [-0.3, -0.25) is 0 Å². The number of carbonyl (C=O) groups is 2. The molecule has 0 aromatic heterocycles. The third-order valence-electron chi connectivity index (χ3n) is 10.1. The van der Waals surface area contributed by atoms with Crippen molar-refractivity contribution in [2.24, 2.45) is 0 Å². The summed E-state index contributed by atoms with van der Waals surface area (Å²) in [5, 5.41) is 3.71. The summed E-state index contributed by atoms with van der Waals surface area (Å²) in [5.74, 6) is 0. The number of hydrogen-bond donors (Lipinski definition) is 0. The molecule has 53 heavy (non-hydrogen) atoms. The molecule has 0 saturated carbocycles. The normalized spacial score (nSPS) is 14.2. The highest BCUT2D eigenvalue weighted by Gasteiger charge is 2.53. The lowest BCUT2D eigenvalue weighted by Crippen LogP contribution is -2.68. The van der Waals surface area contributed by atoms with Gasteiger partial charge in [-0.2, -0.15) is 0 Å². The van der Waals surface area contributed by atoms with E-state index in [1.54, 1.807) is 0 Å². The third-order valence-corrected chi connectivity index (χ3v) is 20.2. The van der Waals surface area contributed by atoms with Gasteiger partial charge in [0.1, 0.15) is 24.8 Å². The molecule has 5 aromatic carbocycles. The monoisotopic (exact) mass is 742 g/mol. The van der Waals surface area contributed by atoms with E-state index in [-0.39, 0.29) is 22.9 Å². The predicted molar refractivity (Wildman–Crippen MR) is 221 cm³/mol. The van der Waals surface area contributed by atoms with Crippen LogP contribution in [-0.4, -0.2) is 47.5 Å². The Bertz CT molecular complexity index is 1640. The molecule has 5 nitrogen and oxygen atoms in total. The van der Waals surface area contributed by atoms with E-state index in [1.165, 1.54) is 0 Å². The van der Waals surface area contributed by atoms with Gasteiger partial charge in [-0.1, -0.05) is 193 Å². The van der Waals surface area contributed by atoms with E-state index < -0.39 is 34.9 Å². The van der Waals surface area contributed by atoms with Crippen LogP contribution in [0.2, 0.25) is 10.1 Å². The molecule has 7 heteroatoms. The number of hydrogen-bond acceptors (Lipinski definition) is 5. The first-order valence-corrected chi connectivity index (χ1v) is 22.4. The maximum absolute atomic E-state index is 13.2. The Kier molecular flexibility index (Phi) is 13.4. The standard InChI is InChI=1S/C46H54O5Si2/c1-45(2,3)52(41-24-14-8-15-25-41,42-26-16-9-17-27-42)50-39(34-47)32-38(49-36-37-22-12-7-13-23-37)33-40(35-48)51-53(46(4,5)6,43-28-18-10-19-29-43)44-30-20-11-21-31-44/h7-31,34-35,38-40H,32-33,36H2,1-6H3/t38?,39-,40+. The van der Waals surface area contributed by atoms with Crippen molar-refractivity contribution in [3.63, 3.8) is 0 Å².